The number of benzene rings is 3. The molecule has 0 radical (unpaired) electrons. The quantitative estimate of drug-likeness (QED) is 0.426. The largest absolute Gasteiger partial charge is 0.319 e. The molecule has 3 aromatic carbocycles. The van der Waals surface area contributed by atoms with Crippen molar-refractivity contribution in [1.29, 1.82) is 0 Å². The van der Waals surface area contributed by atoms with Crippen LogP contribution in [0.15, 0.2) is 66.7 Å². The standard InChI is InChI=1S/C22H15Cl2FN4O/c1-13-5-10-18(12-19(13)24)29-21(14-6-8-15(23)9-7-14)27-20(28-29)22(30)26-17-4-2-3-16(25)11-17/h2-12H,1H3,(H,26,30). The third-order valence-electron chi connectivity index (χ3n) is 4.40. The number of aromatic nitrogens is 3. The van der Waals surface area contributed by atoms with Crippen LogP contribution in [-0.2, 0) is 0 Å². The molecule has 1 N–H and O–H groups in total. The Morgan fingerprint density at radius 2 is 1.80 bits per heavy atom. The summed E-state index contributed by atoms with van der Waals surface area (Å²) in [5, 5.41) is 8.13. The molecule has 1 heterocycles. The first-order valence-corrected chi connectivity index (χ1v) is 9.73. The Bertz CT molecular complexity index is 1240. The number of aryl methyl sites for hydroxylation is 1. The number of rotatable bonds is 4. The molecule has 0 aliphatic carbocycles. The molecule has 1 aromatic heterocycles. The van der Waals surface area contributed by atoms with E-state index in [9.17, 15) is 9.18 Å². The van der Waals surface area contributed by atoms with Crippen LogP contribution in [-0.4, -0.2) is 20.7 Å². The summed E-state index contributed by atoms with van der Waals surface area (Å²) in [6.45, 7) is 1.89. The van der Waals surface area contributed by atoms with Gasteiger partial charge in [0.2, 0.25) is 5.82 Å². The molecule has 30 heavy (non-hydrogen) atoms. The van der Waals surface area contributed by atoms with Crippen LogP contribution in [0.4, 0.5) is 10.1 Å². The van der Waals surface area contributed by atoms with Crippen molar-refractivity contribution in [2.24, 2.45) is 0 Å². The average molecular weight is 441 g/mol. The van der Waals surface area contributed by atoms with Gasteiger partial charge in [0, 0.05) is 21.3 Å². The summed E-state index contributed by atoms with van der Waals surface area (Å²) in [6, 6.07) is 18.1. The molecule has 5 nitrogen and oxygen atoms in total. The van der Waals surface area contributed by atoms with Crippen molar-refractivity contribution >= 4 is 34.8 Å². The lowest BCUT2D eigenvalue weighted by Gasteiger charge is -2.07. The van der Waals surface area contributed by atoms with Gasteiger partial charge in [-0.2, -0.15) is 0 Å². The maximum atomic E-state index is 13.4. The Kier molecular flexibility index (Phi) is 5.53. The van der Waals surface area contributed by atoms with Crippen molar-refractivity contribution in [3.63, 3.8) is 0 Å². The minimum absolute atomic E-state index is 0.0686. The third-order valence-corrected chi connectivity index (χ3v) is 5.05. The van der Waals surface area contributed by atoms with Crippen LogP contribution in [0.1, 0.15) is 16.2 Å². The van der Waals surface area contributed by atoms with E-state index in [-0.39, 0.29) is 5.82 Å². The lowest BCUT2D eigenvalue weighted by atomic mass is 10.2. The second kappa shape index (κ2) is 8.26. The predicted molar refractivity (Wildman–Crippen MR) is 116 cm³/mol. The molecule has 0 atom stereocenters. The SMILES string of the molecule is Cc1ccc(-n2nc(C(=O)Nc3cccc(F)c3)nc2-c2ccc(Cl)cc2)cc1Cl. The molecule has 0 spiro atoms. The fourth-order valence-corrected chi connectivity index (χ4v) is 3.14. The Hall–Kier alpha value is -3.22. The van der Waals surface area contributed by atoms with Gasteiger partial charge in [-0.1, -0.05) is 35.3 Å². The average Bonchev–Trinajstić information content (AvgIpc) is 3.16. The monoisotopic (exact) mass is 440 g/mol. The number of nitrogens with one attached hydrogen (secondary N) is 1. The van der Waals surface area contributed by atoms with Gasteiger partial charge in [0.1, 0.15) is 5.82 Å². The summed E-state index contributed by atoms with van der Waals surface area (Å²) in [4.78, 5) is 17.1. The molecular formula is C22H15Cl2FN4O. The maximum absolute atomic E-state index is 13.4. The van der Waals surface area contributed by atoms with E-state index in [4.69, 9.17) is 23.2 Å². The number of halogens is 3. The van der Waals surface area contributed by atoms with Crippen LogP contribution in [0.3, 0.4) is 0 Å². The summed E-state index contributed by atoms with van der Waals surface area (Å²) in [5.41, 5.74) is 2.58. The van der Waals surface area contributed by atoms with Gasteiger partial charge >= 0.3 is 0 Å². The fourth-order valence-electron chi connectivity index (χ4n) is 2.84. The first-order valence-electron chi connectivity index (χ1n) is 8.97. The number of nitrogens with zero attached hydrogens (tertiary/aromatic N) is 3. The van der Waals surface area contributed by atoms with Crippen molar-refractivity contribution in [2.75, 3.05) is 5.32 Å². The van der Waals surface area contributed by atoms with Crippen LogP contribution < -0.4 is 5.32 Å². The molecule has 0 unspecified atom stereocenters. The van der Waals surface area contributed by atoms with Crippen molar-refractivity contribution < 1.29 is 9.18 Å². The Balaban J connectivity index is 1.77. The summed E-state index contributed by atoms with van der Waals surface area (Å²) in [5.74, 6) is -0.646. The zero-order valence-corrected chi connectivity index (χ0v) is 17.2. The Morgan fingerprint density at radius 3 is 2.50 bits per heavy atom. The van der Waals surface area contributed by atoms with E-state index in [0.29, 0.717) is 32.8 Å². The number of amides is 1. The second-order valence-electron chi connectivity index (χ2n) is 6.58. The zero-order chi connectivity index (χ0) is 21.3. The normalized spacial score (nSPS) is 10.8. The molecule has 0 saturated carbocycles. The van der Waals surface area contributed by atoms with Crippen LogP contribution in [0.5, 0.6) is 0 Å². The van der Waals surface area contributed by atoms with E-state index in [2.05, 4.69) is 15.4 Å². The Morgan fingerprint density at radius 1 is 1.03 bits per heavy atom. The molecule has 0 aliphatic heterocycles. The third kappa shape index (κ3) is 4.20. The lowest BCUT2D eigenvalue weighted by molar-refractivity contribution is 0.101. The minimum atomic E-state index is -0.562. The van der Waals surface area contributed by atoms with Gasteiger partial charge in [-0.05, 0) is 67.1 Å². The van der Waals surface area contributed by atoms with Gasteiger partial charge in [-0.25, -0.2) is 14.1 Å². The van der Waals surface area contributed by atoms with Gasteiger partial charge in [0.25, 0.3) is 5.91 Å². The topological polar surface area (TPSA) is 59.8 Å². The highest BCUT2D eigenvalue weighted by molar-refractivity contribution is 6.31. The van der Waals surface area contributed by atoms with E-state index in [1.807, 2.05) is 19.1 Å². The molecule has 0 saturated heterocycles. The first kappa shape index (κ1) is 20.1. The smallest absolute Gasteiger partial charge is 0.295 e. The maximum Gasteiger partial charge on any atom is 0.295 e. The van der Waals surface area contributed by atoms with Crippen LogP contribution in [0.25, 0.3) is 17.1 Å². The van der Waals surface area contributed by atoms with Gasteiger partial charge in [-0.15, -0.1) is 5.10 Å². The fraction of sp³-hybridized carbons (Fsp3) is 0.0455. The molecule has 0 bridgehead atoms. The zero-order valence-electron chi connectivity index (χ0n) is 15.7. The van der Waals surface area contributed by atoms with Crippen molar-refractivity contribution in [1.82, 2.24) is 14.8 Å². The second-order valence-corrected chi connectivity index (χ2v) is 7.42. The molecule has 0 aliphatic rings. The van der Waals surface area contributed by atoms with E-state index in [1.165, 1.54) is 22.9 Å². The van der Waals surface area contributed by atoms with Crippen molar-refractivity contribution in [3.05, 3.63) is 94.0 Å². The van der Waals surface area contributed by atoms with Crippen LogP contribution in [0.2, 0.25) is 10.0 Å². The number of hydrogen-bond acceptors (Lipinski definition) is 3. The molecule has 0 fully saturated rings. The molecular weight excluding hydrogens is 426 g/mol. The van der Waals surface area contributed by atoms with Crippen LogP contribution >= 0.6 is 23.2 Å². The van der Waals surface area contributed by atoms with E-state index >= 15 is 0 Å². The van der Waals surface area contributed by atoms with Gasteiger partial charge in [0.05, 0.1) is 5.69 Å². The van der Waals surface area contributed by atoms with Crippen LogP contribution in [0, 0.1) is 12.7 Å². The minimum Gasteiger partial charge on any atom is -0.319 e. The predicted octanol–water partition coefficient (Wildman–Crippen LogP) is 5.94. The van der Waals surface area contributed by atoms with Crippen molar-refractivity contribution in [2.45, 2.75) is 6.92 Å². The van der Waals surface area contributed by atoms with Gasteiger partial charge in [0.15, 0.2) is 5.82 Å². The first-order chi connectivity index (χ1) is 14.4. The summed E-state index contributed by atoms with van der Waals surface area (Å²) < 4.78 is 15.0. The van der Waals surface area contributed by atoms with E-state index in [0.717, 1.165) is 5.56 Å². The van der Waals surface area contributed by atoms with Crippen molar-refractivity contribution in [3.8, 4) is 17.1 Å². The highest BCUT2D eigenvalue weighted by Gasteiger charge is 2.19. The number of carbonyl (C=O) groups is 1. The highest BCUT2D eigenvalue weighted by Crippen LogP contribution is 2.26. The van der Waals surface area contributed by atoms with Gasteiger partial charge in [-0.3, -0.25) is 4.79 Å². The number of hydrogen-bond donors (Lipinski definition) is 1. The molecule has 4 aromatic rings. The summed E-state index contributed by atoms with van der Waals surface area (Å²) in [7, 11) is 0. The lowest BCUT2D eigenvalue weighted by Crippen LogP contribution is -2.14. The Labute approximate surface area is 182 Å². The number of anilines is 1. The summed E-state index contributed by atoms with van der Waals surface area (Å²) in [6.07, 6.45) is 0. The highest BCUT2D eigenvalue weighted by atomic mass is 35.5. The van der Waals surface area contributed by atoms with Gasteiger partial charge < -0.3 is 5.32 Å². The summed E-state index contributed by atoms with van der Waals surface area (Å²) >= 11 is 12.3. The molecule has 1 amide bonds. The molecule has 4 rings (SSSR count). The number of carbonyl (C=O) groups excluding carboxylic acids is 1. The molecule has 8 heteroatoms. The van der Waals surface area contributed by atoms with E-state index in [1.54, 1.807) is 36.4 Å². The van der Waals surface area contributed by atoms with E-state index < -0.39 is 11.7 Å². The molecule has 150 valence electrons.